The average Bonchev–Trinajstić information content (AvgIpc) is 3.17. The van der Waals surface area contributed by atoms with Crippen molar-refractivity contribution in [3.05, 3.63) is 36.0 Å². The highest BCUT2D eigenvalue weighted by molar-refractivity contribution is 5.42. The smallest absolute Gasteiger partial charge is 0.244 e. The van der Waals surface area contributed by atoms with E-state index < -0.39 is 0 Å². The van der Waals surface area contributed by atoms with Crippen LogP contribution >= 0.6 is 0 Å². The summed E-state index contributed by atoms with van der Waals surface area (Å²) in [5, 5.41) is 7.36. The summed E-state index contributed by atoms with van der Waals surface area (Å²) in [6.07, 6.45) is 6.00. The molecule has 20 heavy (non-hydrogen) atoms. The first-order valence-electron chi connectivity index (χ1n) is 6.37. The van der Waals surface area contributed by atoms with E-state index in [9.17, 15) is 0 Å². The van der Waals surface area contributed by atoms with Gasteiger partial charge in [0.1, 0.15) is 0 Å². The lowest BCUT2D eigenvalue weighted by molar-refractivity contribution is 0.319. The Bertz CT molecular complexity index is 740. The molecule has 3 aromatic heterocycles. The maximum absolute atomic E-state index is 5.36. The van der Waals surface area contributed by atoms with E-state index >= 15 is 0 Å². The molecule has 8 heteroatoms. The molecule has 0 radical (unpaired) electrons. The predicted molar refractivity (Wildman–Crippen MR) is 68.4 cm³/mol. The maximum atomic E-state index is 5.36. The Morgan fingerprint density at radius 2 is 2.35 bits per heavy atom. The molecule has 0 saturated carbocycles. The molecule has 0 aromatic carbocycles. The molecule has 0 fully saturated rings. The summed E-state index contributed by atoms with van der Waals surface area (Å²) in [6.45, 7) is 0.722. The highest BCUT2D eigenvalue weighted by Gasteiger charge is 2.26. The maximum Gasteiger partial charge on any atom is 0.244 e. The summed E-state index contributed by atoms with van der Waals surface area (Å²) in [5.41, 5.74) is 2.16. The van der Waals surface area contributed by atoms with E-state index in [0.29, 0.717) is 17.5 Å². The van der Waals surface area contributed by atoms with Crippen LogP contribution in [0.25, 0.3) is 11.6 Å². The third-order valence-corrected chi connectivity index (χ3v) is 3.49. The Balaban J connectivity index is 1.62. The fourth-order valence-corrected chi connectivity index (χ4v) is 2.39. The molecule has 0 bridgehead atoms. The molecule has 4 rings (SSSR count). The van der Waals surface area contributed by atoms with Crippen molar-refractivity contribution in [2.45, 2.75) is 19.0 Å². The zero-order chi connectivity index (χ0) is 13.5. The normalized spacial score (nSPS) is 18.1. The van der Waals surface area contributed by atoms with Crippen molar-refractivity contribution < 1.29 is 4.52 Å². The van der Waals surface area contributed by atoms with Gasteiger partial charge >= 0.3 is 0 Å². The quantitative estimate of drug-likeness (QED) is 0.707. The van der Waals surface area contributed by atoms with Gasteiger partial charge in [0, 0.05) is 32.4 Å². The lowest BCUT2D eigenvalue weighted by atomic mass is 10.1. The Hall–Kier alpha value is -2.48. The number of hydrogen-bond acceptors (Lipinski definition) is 6. The first-order valence-corrected chi connectivity index (χ1v) is 6.37. The molecule has 8 nitrogen and oxygen atoms in total. The van der Waals surface area contributed by atoms with E-state index in [1.165, 1.54) is 0 Å². The zero-order valence-electron chi connectivity index (χ0n) is 10.9. The van der Waals surface area contributed by atoms with Crippen molar-refractivity contribution in [3.8, 4) is 11.6 Å². The number of hydrogen-bond donors (Lipinski definition) is 2. The summed E-state index contributed by atoms with van der Waals surface area (Å²) in [6, 6.07) is -0.00711. The highest BCUT2D eigenvalue weighted by atomic mass is 16.5. The van der Waals surface area contributed by atoms with Gasteiger partial charge in [0.25, 0.3) is 0 Å². The summed E-state index contributed by atoms with van der Waals surface area (Å²) in [7, 11) is 1.90. The standard InChI is InChI=1S/C12H13N7O/c1-19-3-2-13-11(19)10-17-12(20-18-10)8-4-7-9(5-14-8)16-6-15-7/h2-3,6,8,14H,4-5H2,1H3,(H,15,16). The van der Waals surface area contributed by atoms with Crippen LogP contribution < -0.4 is 5.32 Å². The number of aromatic amines is 1. The number of fused-ring (bicyclic) bond motifs is 1. The van der Waals surface area contributed by atoms with Gasteiger partial charge in [-0.3, -0.25) is 5.32 Å². The minimum Gasteiger partial charge on any atom is -0.347 e. The molecule has 2 N–H and O–H groups in total. The van der Waals surface area contributed by atoms with Gasteiger partial charge in [0.05, 0.1) is 23.8 Å². The van der Waals surface area contributed by atoms with Gasteiger partial charge in [-0.15, -0.1) is 0 Å². The average molecular weight is 271 g/mol. The summed E-state index contributed by atoms with van der Waals surface area (Å²) in [5.74, 6) is 1.76. The number of imidazole rings is 2. The van der Waals surface area contributed by atoms with E-state index in [1.807, 2.05) is 17.8 Å². The van der Waals surface area contributed by atoms with Gasteiger partial charge in [0.2, 0.25) is 11.7 Å². The van der Waals surface area contributed by atoms with Crippen LogP contribution in [0.1, 0.15) is 23.3 Å². The Morgan fingerprint density at radius 3 is 3.20 bits per heavy atom. The molecule has 1 aliphatic heterocycles. The molecular weight excluding hydrogens is 258 g/mol. The molecule has 1 atom stereocenters. The summed E-state index contributed by atoms with van der Waals surface area (Å²) >= 11 is 0. The molecule has 1 aliphatic rings. The molecule has 0 spiro atoms. The van der Waals surface area contributed by atoms with Gasteiger partial charge in [-0.05, 0) is 0 Å². The monoisotopic (exact) mass is 271 g/mol. The number of nitrogens with zero attached hydrogens (tertiary/aromatic N) is 5. The van der Waals surface area contributed by atoms with Gasteiger partial charge in [-0.25, -0.2) is 9.97 Å². The SMILES string of the molecule is Cn1ccnc1-c1noc(C2Cc3nc[nH]c3CN2)n1. The number of rotatable bonds is 2. The second-order valence-electron chi connectivity index (χ2n) is 4.78. The second-order valence-corrected chi connectivity index (χ2v) is 4.78. The van der Waals surface area contributed by atoms with E-state index in [1.54, 1.807) is 12.5 Å². The van der Waals surface area contributed by atoms with Crippen molar-refractivity contribution in [1.82, 2.24) is 35.0 Å². The van der Waals surface area contributed by atoms with Crippen molar-refractivity contribution in [2.75, 3.05) is 0 Å². The molecule has 0 amide bonds. The molecule has 3 aromatic rings. The van der Waals surface area contributed by atoms with Crippen LogP contribution in [0.3, 0.4) is 0 Å². The van der Waals surface area contributed by atoms with Crippen LogP contribution in [-0.4, -0.2) is 29.7 Å². The number of aromatic nitrogens is 6. The van der Waals surface area contributed by atoms with Crippen LogP contribution in [-0.2, 0) is 20.0 Å². The van der Waals surface area contributed by atoms with Gasteiger partial charge in [0.15, 0.2) is 5.82 Å². The molecule has 0 saturated heterocycles. The van der Waals surface area contributed by atoms with Crippen LogP contribution in [0.5, 0.6) is 0 Å². The molecule has 0 aliphatic carbocycles. The van der Waals surface area contributed by atoms with Crippen LogP contribution in [0.2, 0.25) is 0 Å². The third-order valence-electron chi connectivity index (χ3n) is 3.49. The van der Waals surface area contributed by atoms with Crippen LogP contribution in [0.15, 0.2) is 23.2 Å². The van der Waals surface area contributed by atoms with Gasteiger partial charge in [-0.1, -0.05) is 5.16 Å². The first-order chi connectivity index (χ1) is 9.81. The number of H-pyrrole nitrogens is 1. The topological polar surface area (TPSA) is 97.5 Å². The zero-order valence-corrected chi connectivity index (χ0v) is 10.9. The summed E-state index contributed by atoms with van der Waals surface area (Å²) < 4.78 is 7.22. The molecular formula is C12H13N7O. The Morgan fingerprint density at radius 1 is 1.40 bits per heavy atom. The predicted octanol–water partition coefficient (Wildman–Crippen LogP) is 0.580. The Kier molecular flexibility index (Phi) is 2.43. The van der Waals surface area contributed by atoms with Crippen LogP contribution in [0, 0.1) is 0 Å². The van der Waals surface area contributed by atoms with Crippen molar-refractivity contribution >= 4 is 0 Å². The molecule has 4 heterocycles. The number of nitrogens with one attached hydrogen (secondary N) is 2. The van der Waals surface area contributed by atoms with Crippen molar-refractivity contribution in [1.29, 1.82) is 0 Å². The largest absolute Gasteiger partial charge is 0.347 e. The third kappa shape index (κ3) is 1.73. The van der Waals surface area contributed by atoms with E-state index in [0.717, 1.165) is 24.4 Å². The fraction of sp³-hybridized carbons (Fsp3) is 0.333. The molecule has 102 valence electrons. The van der Waals surface area contributed by atoms with E-state index in [4.69, 9.17) is 4.52 Å². The lowest BCUT2D eigenvalue weighted by Gasteiger charge is -2.19. The van der Waals surface area contributed by atoms with E-state index in [-0.39, 0.29) is 6.04 Å². The lowest BCUT2D eigenvalue weighted by Crippen LogP contribution is -2.28. The van der Waals surface area contributed by atoms with Gasteiger partial charge in [-0.2, -0.15) is 4.98 Å². The van der Waals surface area contributed by atoms with Crippen LogP contribution in [0.4, 0.5) is 0 Å². The first kappa shape index (κ1) is 11.4. The second kappa shape index (κ2) is 4.27. The minimum atomic E-state index is -0.00711. The fourth-order valence-electron chi connectivity index (χ4n) is 2.39. The highest BCUT2D eigenvalue weighted by Crippen LogP contribution is 2.24. The molecule has 1 unspecified atom stereocenters. The Labute approximate surface area is 114 Å². The van der Waals surface area contributed by atoms with Crippen molar-refractivity contribution in [3.63, 3.8) is 0 Å². The van der Waals surface area contributed by atoms with E-state index in [2.05, 4.69) is 30.4 Å². The van der Waals surface area contributed by atoms with Crippen molar-refractivity contribution in [2.24, 2.45) is 7.05 Å². The van der Waals surface area contributed by atoms with Gasteiger partial charge < -0.3 is 14.1 Å². The number of aryl methyl sites for hydroxylation is 1. The summed E-state index contributed by atoms with van der Waals surface area (Å²) in [4.78, 5) is 16.1. The minimum absolute atomic E-state index is 0.00711.